The molecular formula is C7H11NO2. The number of aliphatic carboxylic acids is 1. The predicted octanol–water partition coefficient (Wildman–Crippen LogP) is 0.237. The molecule has 1 fully saturated rings. The van der Waals surface area contributed by atoms with Crippen LogP contribution in [-0.2, 0) is 4.79 Å². The van der Waals surface area contributed by atoms with Crippen molar-refractivity contribution in [2.24, 2.45) is 5.92 Å². The Hall–Kier alpha value is -0.830. The molecule has 0 radical (unpaired) electrons. The topological polar surface area (TPSA) is 49.3 Å². The van der Waals surface area contributed by atoms with Crippen molar-refractivity contribution < 1.29 is 9.90 Å². The zero-order valence-electron chi connectivity index (χ0n) is 5.71. The Morgan fingerprint density at radius 3 is 2.80 bits per heavy atom. The third-order valence-corrected chi connectivity index (χ3v) is 1.51. The molecule has 1 aliphatic heterocycles. The first-order chi connectivity index (χ1) is 4.79. The van der Waals surface area contributed by atoms with Gasteiger partial charge >= 0.3 is 5.97 Å². The van der Waals surface area contributed by atoms with Gasteiger partial charge in [0.15, 0.2) is 0 Å². The first kappa shape index (κ1) is 7.28. The van der Waals surface area contributed by atoms with Crippen LogP contribution in [-0.4, -0.2) is 24.2 Å². The van der Waals surface area contributed by atoms with Gasteiger partial charge in [0, 0.05) is 19.0 Å². The van der Waals surface area contributed by atoms with Crippen LogP contribution < -0.4 is 5.32 Å². The molecule has 0 aromatic rings. The second-order valence-electron chi connectivity index (χ2n) is 2.44. The molecule has 2 N–H and O–H groups in total. The third kappa shape index (κ3) is 2.19. The van der Waals surface area contributed by atoms with Gasteiger partial charge in [-0.25, -0.2) is 0 Å². The van der Waals surface area contributed by atoms with Crippen molar-refractivity contribution in [3.8, 4) is 0 Å². The van der Waals surface area contributed by atoms with Crippen LogP contribution in [0, 0.1) is 5.92 Å². The highest BCUT2D eigenvalue weighted by Gasteiger charge is 2.11. The van der Waals surface area contributed by atoms with Crippen LogP contribution in [0.2, 0.25) is 0 Å². The second kappa shape index (κ2) is 3.37. The zero-order valence-corrected chi connectivity index (χ0v) is 5.71. The molecule has 1 aliphatic rings. The summed E-state index contributed by atoms with van der Waals surface area (Å²) in [6.07, 6.45) is 3.83. The molecule has 3 nitrogen and oxygen atoms in total. The van der Waals surface area contributed by atoms with E-state index in [1.54, 1.807) is 6.08 Å². The fourth-order valence-electron chi connectivity index (χ4n) is 0.808. The van der Waals surface area contributed by atoms with Crippen molar-refractivity contribution in [1.29, 1.82) is 0 Å². The third-order valence-electron chi connectivity index (χ3n) is 1.51. The van der Waals surface area contributed by atoms with E-state index in [2.05, 4.69) is 5.32 Å². The first-order valence-electron chi connectivity index (χ1n) is 3.38. The highest BCUT2D eigenvalue weighted by molar-refractivity contribution is 5.68. The van der Waals surface area contributed by atoms with Gasteiger partial charge in [-0.3, -0.25) is 4.79 Å². The van der Waals surface area contributed by atoms with Gasteiger partial charge in [0.1, 0.15) is 0 Å². The lowest BCUT2D eigenvalue weighted by molar-refractivity contribution is -0.136. The maximum Gasteiger partial charge on any atom is 0.307 e. The Morgan fingerprint density at radius 1 is 1.70 bits per heavy atom. The van der Waals surface area contributed by atoms with Crippen molar-refractivity contribution in [3.05, 3.63) is 12.2 Å². The minimum atomic E-state index is -0.761. The molecule has 0 bridgehead atoms. The molecule has 0 atom stereocenters. The largest absolute Gasteiger partial charge is 0.481 e. The van der Waals surface area contributed by atoms with E-state index >= 15 is 0 Å². The molecule has 10 heavy (non-hydrogen) atoms. The molecule has 0 amide bonds. The van der Waals surface area contributed by atoms with Crippen molar-refractivity contribution in [3.63, 3.8) is 0 Å². The van der Waals surface area contributed by atoms with E-state index in [-0.39, 0.29) is 6.42 Å². The Kier molecular flexibility index (Phi) is 2.45. The van der Waals surface area contributed by atoms with E-state index in [0.29, 0.717) is 5.92 Å². The fourth-order valence-corrected chi connectivity index (χ4v) is 0.808. The van der Waals surface area contributed by atoms with Crippen LogP contribution >= 0.6 is 0 Å². The summed E-state index contributed by atoms with van der Waals surface area (Å²) in [5.41, 5.74) is 0. The van der Waals surface area contributed by atoms with Gasteiger partial charge in [-0.15, -0.1) is 0 Å². The standard InChI is InChI=1S/C7H11NO2/c9-7(10)3-1-2-6-4-8-5-6/h1-2,6,8H,3-5H2,(H,9,10)/b2-1+. The lowest BCUT2D eigenvalue weighted by Gasteiger charge is -2.23. The summed E-state index contributed by atoms with van der Waals surface area (Å²) in [5, 5.41) is 11.4. The zero-order chi connectivity index (χ0) is 7.40. The lowest BCUT2D eigenvalue weighted by atomic mass is 10.0. The van der Waals surface area contributed by atoms with Crippen molar-refractivity contribution in [2.75, 3.05) is 13.1 Å². The van der Waals surface area contributed by atoms with Crippen LogP contribution in [0.15, 0.2) is 12.2 Å². The maximum atomic E-state index is 10.0. The van der Waals surface area contributed by atoms with Crippen LogP contribution in [0.1, 0.15) is 6.42 Å². The molecule has 0 spiro atoms. The Bertz CT molecular complexity index is 150. The Morgan fingerprint density at radius 2 is 2.40 bits per heavy atom. The summed E-state index contributed by atoms with van der Waals surface area (Å²) in [4.78, 5) is 10.0. The van der Waals surface area contributed by atoms with Crippen molar-refractivity contribution in [1.82, 2.24) is 5.32 Å². The second-order valence-corrected chi connectivity index (χ2v) is 2.44. The van der Waals surface area contributed by atoms with E-state index in [9.17, 15) is 4.79 Å². The van der Waals surface area contributed by atoms with Gasteiger partial charge < -0.3 is 10.4 Å². The first-order valence-corrected chi connectivity index (χ1v) is 3.38. The summed E-state index contributed by atoms with van der Waals surface area (Å²) in [7, 11) is 0. The SMILES string of the molecule is O=C(O)C/C=C/C1CNC1. The van der Waals surface area contributed by atoms with E-state index in [1.807, 2.05) is 6.08 Å². The predicted molar refractivity (Wildman–Crippen MR) is 37.8 cm³/mol. The van der Waals surface area contributed by atoms with Crippen LogP contribution in [0.5, 0.6) is 0 Å². The summed E-state index contributed by atoms with van der Waals surface area (Å²) < 4.78 is 0. The van der Waals surface area contributed by atoms with E-state index in [0.717, 1.165) is 13.1 Å². The van der Waals surface area contributed by atoms with E-state index < -0.39 is 5.97 Å². The molecule has 0 aromatic carbocycles. The van der Waals surface area contributed by atoms with E-state index in [4.69, 9.17) is 5.11 Å². The molecule has 3 heteroatoms. The van der Waals surface area contributed by atoms with E-state index in [1.165, 1.54) is 0 Å². The normalized spacial score (nSPS) is 19.2. The number of carboxylic acid groups (broad SMARTS) is 1. The van der Waals surface area contributed by atoms with Gasteiger partial charge in [-0.2, -0.15) is 0 Å². The molecular weight excluding hydrogens is 130 g/mol. The monoisotopic (exact) mass is 141 g/mol. The smallest absolute Gasteiger partial charge is 0.307 e. The molecule has 56 valence electrons. The molecule has 1 saturated heterocycles. The van der Waals surface area contributed by atoms with Gasteiger partial charge in [0.2, 0.25) is 0 Å². The quantitative estimate of drug-likeness (QED) is 0.553. The van der Waals surface area contributed by atoms with Crippen molar-refractivity contribution in [2.45, 2.75) is 6.42 Å². The Labute approximate surface area is 59.7 Å². The lowest BCUT2D eigenvalue weighted by Crippen LogP contribution is -2.40. The van der Waals surface area contributed by atoms with Crippen molar-refractivity contribution >= 4 is 5.97 Å². The average molecular weight is 141 g/mol. The highest BCUT2D eigenvalue weighted by Crippen LogP contribution is 2.04. The Balaban J connectivity index is 2.10. The summed E-state index contributed by atoms with van der Waals surface area (Å²) in [6.45, 7) is 1.99. The molecule has 0 saturated carbocycles. The van der Waals surface area contributed by atoms with Gasteiger partial charge in [0.25, 0.3) is 0 Å². The molecule has 0 aliphatic carbocycles. The number of rotatable bonds is 3. The highest BCUT2D eigenvalue weighted by atomic mass is 16.4. The average Bonchev–Trinajstić information content (AvgIpc) is 1.75. The number of carbonyl (C=O) groups is 1. The van der Waals surface area contributed by atoms with Crippen LogP contribution in [0.25, 0.3) is 0 Å². The molecule has 1 rings (SSSR count). The number of hydrogen-bond donors (Lipinski definition) is 2. The summed E-state index contributed by atoms with van der Waals surface area (Å²) in [6, 6.07) is 0. The van der Waals surface area contributed by atoms with Crippen LogP contribution in [0.3, 0.4) is 0 Å². The van der Waals surface area contributed by atoms with Crippen LogP contribution in [0.4, 0.5) is 0 Å². The molecule has 0 aromatic heterocycles. The fraction of sp³-hybridized carbons (Fsp3) is 0.571. The van der Waals surface area contributed by atoms with Gasteiger partial charge in [-0.1, -0.05) is 12.2 Å². The number of hydrogen-bond acceptors (Lipinski definition) is 2. The maximum absolute atomic E-state index is 10.0. The molecule has 0 unspecified atom stereocenters. The number of nitrogens with one attached hydrogen (secondary N) is 1. The minimum absolute atomic E-state index is 0.149. The number of carboxylic acids is 1. The molecule has 1 heterocycles. The van der Waals surface area contributed by atoms with Gasteiger partial charge in [-0.05, 0) is 0 Å². The van der Waals surface area contributed by atoms with Gasteiger partial charge in [0.05, 0.1) is 6.42 Å². The summed E-state index contributed by atoms with van der Waals surface area (Å²) >= 11 is 0. The summed E-state index contributed by atoms with van der Waals surface area (Å²) in [5.74, 6) is -0.192. The minimum Gasteiger partial charge on any atom is -0.481 e.